The maximum atomic E-state index is 12.0. The highest BCUT2D eigenvalue weighted by Gasteiger charge is 2.14. The normalized spacial score (nSPS) is 11.5. The van der Waals surface area contributed by atoms with Gasteiger partial charge in [0.2, 0.25) is 21.8 Å². The van der Waals surface area contributed by atoms with Gasteiger partial charge in [-0.2, -0.15) is 0 Å². The van der Waals surface area contributed by atoms with Gasteiger partial charge >= 0.3 is 0 Å². The van der Waals surface area contributed by atoms with Crippen LogP contribution in [0.2, 0.25) is 0 Å². The summed E-state index contributed by atoms with van der Waals surface area (Å²) in [4.78, 5) is 12.0. The predicted octanol–water partition coefficient (Wildman–Crippen LogP) is 1.86. The molecule has 2 aromatic heterocycles. The van der Waals surface area contributed by atoms with E-state index in [9.17, 15) is 13.2 Å². The largest absolute Gasteiger partial charge is 0.469 e. The van der Waals surface area contributed by atoms with Crippen LogP contribution >= 0.6 is 0 Å². The Kier molecular flexibility index (Phi) is 4.87. The van der Waals surface area contributed by atoms with Crippen molar-refractivity contribution in [1.82, 2.24) is 10.2 Å². The average molecular weight is 376 g/mol. The molecule has 0 aliphatic rings. The highest BCUT2D eigenvalue weighted by molar-refractivity contribution is 7.89. The lowest BCUT2D eigenvalue weighted by Crippen LogP contribution is -2.14. The molecule has 0 bridgehead atoms. The van der Waals surface area contributed by atoms with Gasteiger partial charge in [0, 0.05) is 18.5 Å². The molecule has 0 unspecified atom stereocenters. The minimum atomic E-state index is -3.76. The van der Waals surface area contributed by atoms with Crippen molar-refractivity contribution in [2.24, 2.45) is 5.14 Å². The van der Waals surface area contributed by atoms with Crippen molar-refractivity contribution in [3.63, 3.8) is 0 Å². The third-order valence-corrected chi connectivity index (χ3v) is 4.52. The number of nitrogens with zero attached hydrogens (tertiary/aromatic N) is 2. The molecule has 0 aliphatic carbocycles. The fourth-order valence-corrected chi connectivity index (χ4v) is 2.76. The molecule has 0 saturated heterocycles. The third-order valence-electron chi connectivity index (χ3n) is 3.59. The number of rotatable bonds is 6. The Morgan fingerprint density at radius 3 is 2.54 bits per heavy atom. The van der Waals surface area contributed by atoms with Crippen LogP contribution in [0.25, 0.3) is 11.5 Å². The van der Waals surface area contributed by atoms with Crippen LogP contribution < -0.4 is 10.5 Å². The standard InChI is InChI=1S/C16H16N4O5S/c1-10-13(8-9-24-10)16-20-19-15(25-16)7-6-14(21)18-11-2-4-12(5-3-11)26(17,22)23/h2-5,8-9H,6-7H2,1H3,(H,18,21)(H2,17,22,23). The van der Waals surface area contributed by atoms with Gasteiger partial charge in [-0.15, -0.1) is 10.2 Å². The molecule has 0 radical (unpaired) electrons. The van der Waals surface area contributed by atoms with Gasteiger partial charge in [0.1, 0.15) is 5.76 Å². The van der Waals surface area contributed by atoms with Gasteiger partial charge in [0.25, 0.3) is 5.89 Å². The first-order valence-corrected chi connectivity index (χ1v) is 9.17. The van der Waals surface area contributed by atoms with E-state index in [0.29, 0.717) is 28.8 Å². The van der Waals surface area contributed by atoms with Gasteiger partial charge in [0.05, 0.1) is 16.7 Å². The van der Waals surface area contributed by atoms with Crippen molar-refractivity contribution in [2.45, 2.75) is 24.7 Å². The number of primary sulfonamides is 1. The van der Waals surface area contributed by atoms with Gasteiger partial charge < -0.3 is 14.2 Å². The second kappa shape index (κ2) is 7.10. The lowest BCUT2D eigenvalue weighted by atomic mass is 10.2. The summed E-state index contributed by atoms with van der Waals surface area (Å²) in [5.41, 5.74) is 1.17. The topological polar surface area (TPSA) is 141 Å². The number of aromatic nitrogens is 2. The summed E-state index contributed by atoms with van der Waals surface area (Å²) in [5.74, 6) is 1.07. The van der Waals surface area contributed by atoms with Crippen LogP contribution in [0, 0.1) is 6.92 Å². The molecule has 3 aromatic rings. The molecule has 0 spiro atoms. The zero-order chi connectivity index (χ0) is 18.7. The van der Waals surface area contributed by atoms with E-state index in [0.717, 1.165) is 0 Å². The summed E-state index contributed by atoms with van der Waals surface area (Å²) >= 11 is 0. The van der Waals surface area contributed by atoms with Crippen LogP contribution in [0.3, 0.4) is 0 Å². The van der Waals surface area contributed by atoms with E-state index in [2.05, 4.69) is 15.5 Å². The minimum Gasteiger partial charge on any atom is -0.469 e. The van der Waals surface area contributed by atoms with Crippen LogP contribution in [0.15, 0.2) is 50.3 Å². The first kappa shape index (κ1) is 17.8. The van der Waals surface area contributed by atoms with Crippen molar-refractivity contribution in [3.05, 3.63) is 48.2 Å². The summed E-state index contributed by atoms with van der Waals surface area (Å²) in [6, 6.07) is 7.30. The van der Waals surface area contributed by atoms with Gasteiger partial charge in [0.15, 0.2) is 0 Å². The van der Waals surface area contributed by atoms with E-state index in [-0.39, 0.29) is 23.6 Å². The van der Waals surface area contributed by atoms with Crippen LogP contribution in [0.4, 0.5) is 5.69 Å². The van der Waals surface area contributed by atoms with Gasteiger partial charge in [-0.25, -0.2) is 13.6 Å². The van der Waals surface area contributed by atoms with E-state index >= 15 is 0 Å². The first-order chi connectivity index (χ1) is 12.3. The number of benzene rings is 1. The average Bonchev–Trinajstić information content (AvgIpc) is 3.21. The number of nitrogens with one attached hydrogen (secondary N) is 1. The summed E-state index contributed by atoms with van der Waals surface area (Å²) in [5, 5.41) is 15.5. The van der Waals surface area contributed by atoms with Gasteiger partial charge in [-0.05, 0) is 37.3 Å². The number of hydrogen-bond donors (Lipinski definition) is 2. The Labute approximate surface area is 149 Å². The molecule has 0 fully saturated rings. The maximum Gasteiger partial charge on any atom is 0.251 e. The third kappa shape index (κ3) is 4.16. The molecule has 1 amide bonds. The quantitative estimate of drug-likeness (QED) is 0.668. The lowest BCUT2D eigenvalue weighted by Gasteiger charge is -2.05. The maximum absolute atomic E-state index is 12.0. The van der Waals surface area contributed by atoms with Gasteiger partial charge in [-0.1, -0.05) is 0 Å². The molecule has 26 heavy (non-hydrogen) atoms. The number of furan rings is 1. The molecule has 0 aliphatic heterocycles. The Morgan fingerprint density at radius 1 is 1.19 bits per heavy atom. The molecule has 0 atom stereocenters. The van der Waals surface area contributed by atoms with E-state index in [1.54, 1.807) is 13.0 Å². The van der Waals surface area contributed by atoms with E-state index in [1.807, 2.05) is 0 Å². The van der Waals surface area contributed by atoms with E-state index in [1.165, 1.54) is 30.5 Å². The number of hydrogen-bond acceptors (Lipinski definition) is 7. The fourth-order valence-electron chi connectivity index (χ4n) is 2.24. The monoisotopic (exact) mass is 376 g/mol. The Hall–Kier alpha value is -2.98. The molecular formula is C16H16N4O5S. The molecular weight excluding hydrogens is 360 g/mol. The van der Waals surface area contributed by atoms with Crippen LogP contribution in [-0.2, 0) is 21.2 Å². The number of sulfonamides is 1. The van der Waals surface area contributed by atoms with E-state index < -0.39 is 10.0 Å². The molecule has 1 aromatic carbocycles. The summed E-state index contributed by atoms with van der Waals surface area (Å²) in [6.07, 6.45) is 1.93. The minimum absolute atomic E-state index is 0.0246. The Balaban J connectivity index is 1.56. The second-order valence-electron chi connectivity index (χ2n) is 5.51. The zero-order valence-corrected chi connectivity index (χ0v) is 14.6. The van der Waals surface area contributed by atoms with Crippen molar-refractivity contribution in [3.8, 4) is 11.5 Å². The molecule has 9 nitrogen and oxygen atoms in total. The number of anilines is 1. The highest BCUT2D eigenvalue weighted by atomic mass is 32.2. The van der Waals surface area contributed by atoms with Crippen LogP contribution in [0.5, 0.6) is 0 Å². The lowest BCUT2D eigenvalue weighted by molar-refractivity contribution is -0.116. The second-order valence-corrected chi connectivity index (χ2v) is 7.07. The first-order valence-electron chi connectivity index (χ1n) is 7.62. The number of carbonyl (C=O) groups excluding carboxylic acids is 1. The zero-order valence-electron chi connectivity index (χ0n) is 13.8. The number of carbonyl (C=O) groups is 1. The summed E-state index contributed by atoms with van der Waals surface area (Å²) in [6.45, 7) is 1.79. The number of amides is 1. The Morgan fingerprint density at radius 2 is 1.92 bits per heavy atom. The van der Waals surface area contributed by atoms with Crippen LogP contribution in [0.1, 0.15) is 18.1 Å². The van der Waals surface area contributed by atoms with Crippen molar-refractivity contribution in [1.29, 1.82) is 0 Å². The van der Waals surface area contributed by atoms with Crippen molar-refractivity contribution < 1.29 is 22.0 Å². The molecule has 3 N–H and O–H groups in total. The summed E-state index contributed by atoms with van der Waals surface area (Å²) in [7, 11) is -3.76. The van der Waals surface area contributed by atoms with Crippen LogP contribution in [-0.4, -0.2) is 24.5 Å². The molecule has 3 rings (SSSR count). The number of nitrogens with two attached hydrogens (primary N) is 1. The SMILES string of the molecule is Cc1occc1-c1nnc(CCC(=O)Nc2ccc(S(N)(=O)=O)cc2)o1. The molecule has 2 heterocycles. The molecule has 136 valence electrons. The fraction of sp³-hybridized carbons (Fsp3) is 0.188. The van der Waals surface area contributed by atoms with E-state index in [4.69, 9.17) is 14.0 Å². The molecule has 10 heteroatoms. The predicted molar refractivity (Wildman–Crippen MR) is 91.5 cm³/mol. The number of aryl methyl sites for hydroxylation is 2. The van der Waals surface area contributed by atoms with Crippen molar-refractivity contribution in [2.75, 3.05) is 5.32 Å². The Bertz CT molecular complexity index is 1020. The van der Waals surface area contributed by atoms with Gasteiger partial charge in [-0.3, -0.25) is 4.79 Å². The molecule has 0 saturated carbocycles. The smallest absolute Gasteiger partial charge is 0.251 e. The van der Waals surface area contributed by atoms with Crippen molar-refractivity contribution >= 4 is 21.6 Å². The highest BCUT2D eigenvalue weighted by Crippen LogP contribution is 2.23. The summed E-state index contributed by atoms with van der Waals surface area (Å²) < 4.78 is 33.1.